The summed E-state index contributed by atoms with van der Waals surface area (Å²) in [7, 11) is 0. The summed E-state index contributed by atoms with van der Waals surface area (Å²) in [6.07, 6.45) is 3.90. The maximum Gasteiger partial charge on any atom is 0.224 e. The summed E-state index contributed by atoms with van der Waals surface area (Å²) < 4.78 is 11.4. The van der Waals surface area contributed by atoms with Gasteiger partial charge in [0, 0.05) is 24.6 Å². The summed E-state index contributed by atoms with van der Waals surface area (Å²) >= 11 is 0. The third-order valence-electron chi connectivity index (χ3n) is 4.76. The zero-order chi connectivity index (χ0) is 16.2. The second kappa shape index (κ2) is 7.32. The minimum Gasteiger partial charge on any atom is -0.488 e. The molecule has 0 bridgehead atoms. The molecule has 1 aliphatic carbocycles. The van der Waals surface area contributed by atoms with Gasteiger partial charge >= 0.3 is 0 Å². The van der Waals surface area contributed by atoms with Crippen LogP contribution in [-0.4, -0.2) is 31.3 Å². The van der Waals surface area contributed by atoms with Crippen LogP contribution in [0.1, 0.15) is 36.8 Å². The average Bonchev–Trinajstić information content (AvgIpc) is 3.18. The van der Waals surface area contributed by atoms with E-state index in [0.29, 0.717) is 13.2 Å². The molecule has 3 unspecified atom stereocenters. The maximum absolute atomic E-state index is 12.3. The van der Waals surface area contributed by atoms with Crippen molar-refractivity contribution in [2.75, 3.05) is 13.2 Å². The van der Waals surface area contributed by atoms with Crippen LogP contribution in [0.15, 0.2) is 18.2 Å². The first-order valence-corrected chi connectivity index (χ1v) is 8.50. The number of rotatable bonds is 5. The van der Waals surface area contributed by atoms with Gasteiger partial charge in [-0.2, -0.15) is 0 Å². The minimum absolute atomic E-state index is 0.000578. The molecule has 1 aliphatic heterocycles. The van der Waals surface area contributed by atoms with Gasteiger partial charge in [-0.25, -0.2) is 0 Å². The number of ether oxygens (including phenoxy) is 2. The molecule has 3 rings (SSSR count). The topological polar surface area (TPSA) is 73.6 Å². The fourth-order valence-electron chi connectivity index (χ4n) is 3.33. The molecular weight excluding hydrogens is 292 g/mol. The van der Waals surface area contributed by atoms with E-state index in [-0.39, 0.29) is 24.0 Å². The van der Waals surface area contributed by atoms with E-state index in [0.717, 1.165) is 49.2 Å². The third-order valence-corrected chi connectivity index (χ3v) is 4.76. The first-order chi connectivity index (χ1) is 11.1. The molecule has 5 nitrogen and oxygen atoms in total. The Hall–Kier alpha value is -1.59. The summed E-state index contributed by atoms with van der Waals surface area (Å²) in [4.78, 5) is 12.3. The highest BCUT2D eigenvalue weighted by Crippen LogP contribution is 2.26. The fourth-order valence-corrected chi connectivity index (χ4v) is 3.33. The van der Waals surface area contributed by atoms with Crippen molar-refractivity contribution in [1.82, 2.24) is 5.32 Å². The van der Waals surface area contributed by atoms with Gasteiger partial charge in [-0.3, -0.25) is 4.79 Å². The number of nitrogens with one attached hydrogen (secondary N) is 1. The van der Waals surface area contributed by atoms with Crippen molar-refractivity contribution in [3.05, 3.63) is 29.3 Å². The predicted octanol–water partition coefficient (Wildman–Crippen LogP) is 1.91. The molecular formula is C18H26N2O3. The van der Waals surface area contributed by atoms with Gasteiger partial charge in [0.25, 0.3) is 0 Å². The van der Waals surface area contributed by atoms with Gasteiger partial charge in [0.1, 0.15) is 11.9 Å². The number of aryl methyl sites for hydroxylation is 1. The summed E-state index contributed by atoms with van der Waals surface area (Å²) in [6.45, 7) is 3.90. The van der Waals surface area contributed by atoms with E-state index in [4.69, 9.17) is 15.2 Å². The van der Waals surface area contributed by atoms with Crippen LogP contribution in [0.5, 0.6) is 5.75 Å². The molecule has 1 heterocycles. The van der Waals surface area contributed by atoms with E-state index in [1.54, 1.807) is 0 Å². The molecule has 126 valence electrons. The average molecular weight is 318 g/mol. The Morgan fingerprint density at radius 2 is 2.26 bits per heavy atom. The Balaban J connectivity index is 1.63. The predicted molar refractivity (Wildman–Crippen MR) is 88.2 cm³/mol. The maximum atomic E-state index is 12.3. The van der Waals surface area contributed by atoms with E-state index >= 15 is 0 Å². The van der Waals surface area contributed by atoms with Crippen LogP contribution in [0.4, 0.5) is 0 Å². The molecule has 1 aromatic rings. The minimum atomic E-state index is -0.0481. The first-order valence-electron chi connectivity index (χ1n) is 8.50. The van der Waals surface area contributed by atoms with E-state index < -0.39 is 0 Å². The highest BCUT2D eigenvalue weighted by atomic mass is 16.5. The number of hydrogen-bond donors (Lipinski definition) is 2. The number of nitrogens with two attached hydrogens (primary N) is 1. The fraction of sp³-hybridized carbons (Fsp3) is 0.611. The van der Waals surface area contributed by atoms with Crippen molar-refractivity contribution >= 4 is 5.91 Å². The molecule has 1 aromatic carbocycles. The molecule has 23 heavy (non-hydrogen) atoms. The third kappa shape index (κ3) is 4.03. The Kier molecular flexibility index (Phi) is 5.18. The molecule has 1 saturated heterocycles. The standard InChI is InChI=1S/C18H26N2O3/c1-12-5-6-13(17(9-12)23-14-7-8-22-11-14)10-20-18(21)15-3-2-4-16(15)19/h5-6,9,14-16H,2-4,7-8,10-11,19H2,1H3,(H,20,21). The summed E-state index contributed by atoms with van der Waals surface area (Å²) in [5.41, 5.74) is 8.16. The molecule has 5 heteroatoms. The smallest absolute Gasteiger partial charge is 0.224 e. The summed E-state index contributed by atoms with van der Waals surface area (Å²) in [6, 6.07) is 6.09. The molecule has 1 saturated carbocycles. The Bertz CT molecular complexity index is 555. The highest BCUT2D eigenvalue weighted by Gasteiger charge is 2.30. The Morgan fingerprint density at radius 1 is 1.39 bits per heavy atom. The summed E-state index contributed by atoms with van der Waals surface area (Å²) in [5, 5.41) is 3.03. The largest absolute Gasteiger partial charge is 0.488 e. The second-order valence-electron chi connectivity index (χ2n) is 6.63. The van der Waals surface area contributed by atoms with Gasteiger partial charge in [-0.15, -0.1) is 0 Å². The lowest BCUT2D eigenvalue weighted by atomic mass is 10.0. The van der Waals surface area contributed by atoms with Crippen molar-refractivity contribution < 1.29 is 14.3 Å². The monoisotopic (exact) mass is 318 g/mol. The van der Waals surface area contributed by atoms with E-state index in [1.165, 1.54) is 0 Å². The van der Waals surface area contributed by atoms with Gasteiger partial charge in [-0.1, -0.05) is 18.6 Å². The van der Waals surface area contributed by atoms with Crippen LogP contribution < -0.4 is 15.8 Å². The normalized spacial score (nSPS) is 27.1. The van der Waals surface area contributed by atoms with Crippen molar-refractivity contribution in [2.45, 2.75) is 51.3 Å². The number of benzene rings is 1. The van der Waals surface area contributed by atoms with Crippen molar-refractivity contribution in [2.24, 2.45) is 11.7 Å². The molecule has 2 fully saturated rings. The van der Waals surface area contributed by atoms with E-state index in [9.17, 15) is 4.79 Å². The Morgan fingerprint density at radius 3 is 2.96 bits per heavy atom. The lowest BCUT2D eigenvalue weighted by Gasteiger charge is -2.18. The van der Waals surface area contributed by atoms with E-state index in [2.05, 4.69) is 5.32 Å². The molecule has 0 aromatic heterocycles. The van der Waals surface area contributed by atoms with Gasteiger partial charge in [0.15, 0.2) is 0 Å². The van der Waals surface area contributed by atoms with Crippen molar-refractivity contribution in [3.8, 4) is 5.75 Å². The number of carbonyl (C=O) groups excluding carboxylic acids is 1. The molecule has 0 spiro atoms. The van der Waals surface area contributed by atoms with Crippen molar-refractivity contribution in [3.63, 3.8) is 0 Å². The van der Waals surface area contributed by atoms with Gasteiger partial charge in [0.2, 0.25) is 5.91 Å². The SMILES string of the molecule is Cc1ccc(CNC(=O)C2CCCC2N)c(OC2CCOC2)c1. The molecule has 0 radical (unpaired) electrons. The molecule has 1 amide bonds. The van der Waals surface area contributed by atoms with E-state index in [1.807, 2.05) is 25.1 Å². The molecule has 3 atom stereocenters. The Labute approximate surface area is 137 Å². The number of hydrogen-bond acceptors (Lipinski definition) is 4. The van der Waals surface area contributed by atoms with Crippen LogP contribution in [0, 0.1) is 12.8 Å². The number of carbonyl (C=O) groups is 1. The quantitative estimate of drug-likeness (QED) is 0.870. The van der Waals surface area contributed by atoms with Crippen LogP contribution in [0.3, 0.4) is 0 Å². The van der Waals surface area contributed by atoms with Crippen LogP contribution in [-0.2, 0) is 16.1 Å². The number of amides is 1. The van der Waals surface area contributed by atoms with Gasteiger partial charge in [-0.05, 0) is 31.4 Å². The zero-order valence-electron chi connectivity index (χ0n) is 13.7. The van der Waals surface area contributed by atoms with Gasteiger partial charge < -0.3 is 20.5 Å². The zero-order valence-corrected chi connectivity index (χ0v) is 13.7. The van der Waals surface area contributed by atoms with Crippen LogP contribution in [0.2, 0.25) is 0 Å². The highest BCUT2D eigenvalue weighted by molar-refractivity contribution is 5.79. The lowest BCUT2D eigenvalue weighted by Crippen LogP contribution is -2.38. The summed E-state index contributed by atoms with van der Waals surface area (Å²) in [5.74, 6) is 0.857. The molecule has 3 N–H and O–H groups in total. The lowest BCUT2D eigenvalue weighted by molar-refractivity contribution is -0.125. The first kappa shape index (κ1) is 16.3. The van der Waals surface area contributed by atoms with Crippen LogP contribution >= 0.6 is 0 Å². The van der Waals surface area contributed by atoms with Crippen LogP contribution in [0.25, 0.3) is 0 Å². The van der Waals surface area contributed by atoms with Crippen molar-refractivity contribution in [1.29, 1.82) is 0 Å². The molecule has 2 aliphatic rings. The van der Waals surface area contributed by atoms with Gasteiger partial charge in [0.05, 0.1) is 19.1 Å². The second-order valence-corrected chi connectivity index (χ2v) is 6.63.